The van der Waals surface area contributed by atoms with Gasteiger partial charge in [0, 0.05) is 24.2 Å². The van der Waals surface area contributed by atoms with E-state index in [0.717, 1.165) is 6.42 Å². The number of esters is 3. The maximum absolute atomic E-state index is 13.5. The molecule has 2 aliphatic rings. The molecule has 0 N–H and O–H groups in total. The van der Waals surface area contributed by atoms with Crippen molar-refractivity contribution >= 4 is 29.3 Å². The van der Waals surface area contributed by atoms with Gasteiger partial charge >= 0.3 is 17.9 Å². The topological polar surface area (TPSA) is 118 Å². The Morgan fingerprint density at radius 1 is 0.822 bits per heavy atom. The first-order valence-electron chi connectivity index (χ1n) is 15.7. The van der Waals surface area contributed by atoms with Gasteiger partial charge in [-0.2, -0.15) is 0 Å². The van der Waals surface area contributed by atoms with Crippen LogP contribution in [-0.2, 0) is 38.1 Å². The van der Waals surface area contributed by atoms with Gasteiger partial charge in [0.05, 0.1) is 30.0 Å². The third kappa shape index (κ3) is 8.87. The maximum Gasteiger partial charge on any atom is 0.311 e. The fraction of sp³-hybridized carbons (Fsp3) is 0.657. The van der Waals surface area contributed by atoms with Crippen molar-refractivity contribution in [3.63, 3.8) is 0 Å². The summed E-state index contributed by atoms with van der Waals surface area (Å²) < 4.78 is 29.8. The molecule has 0 aromatic heterocycles. The van der Waals surface area contributed by atoms with Crippen molar-refractivity contribution in [3.8, 4) is 5.75 Å². The Hall–Kier alpha value is -3.40. The molecular weight excluding hydrogens is 578 g/mol. The highest BCUT2D eigenvalue weighted by molar-refractivity contribution is 6.21. The lowest BCUT2D eigenvalue weighted by atomic mass is 9.89. The lowest BCUT2D eigenvalue weighted by Gasteiger charge is -2.48. The van der Waals surface area contributed by atoms with E-state index in [-0.39, 0.29) is 24.9 Å². The van der Waals surface area contributed by atoms with Crippen LogP contribution in [0.2, 0.25) is 0 Å². The van der Waals surface area contributed by atoms with E-state index in [1.807, 2.05) is 24.0 Å². The van der Waals surface area contributed by atoms with Crippen molar-refractivity contribution in [2.45, 2.75) is 119 Å². The van der Waals surface area contributed by atoms with Gasteiger partial charge in [-0.25, -0.2) is 0 Å². The van der Waals surface area contributed by atoms with Gasteiger partial charge in [-0.15, -0.1) is 0 Å². The van der Waals surface area contributed by atoms with Crippen molar-refractivity contribution in [2.24, 2.45) is 16.2 Å². The van der Waals surface area contributed by atoms with Crippen LogP contribution in [0.15, 0.2) is 30.5 Å². The summed E-state index contributed by atoms with van der Waals surface area (Å²) in [6.07, 6.45) is -0.947. The zero-order valence-electron chi connectivity index (χ0n) is 28.7. The number of hydrogen-bond donors (Lipinski definition) is 0. The quantitative estimate of drug-likeness (QED) is 0.261. The van der Waals surface area contributed by atoms with Crippen molar-refractivity contribution in [2.75, 3.05) is 13.7 Å². The number of rotatable bonds is 8. The van der Waals surface area contributed by atoms with Crippen molar-refractivity contribution in [1.82, 2.24) is 4.90 Å². The lowest BCUT2D eigenvalue weighted by Crippen LogP contribution is -2.64. The first kappa shape index (κ1) is 36.1. The molecule has 0 radical (unpaired) electrons. The third-order valence-electron chi connectivity index (χ3n) is 7.72. The number of benzene rings is 1. The summed E-state index contributed by atoms with van der Waals surface area (Å²) in [6, 6.07) is 6.92. The van der Waals surface area contributed by atoms with E-state index in [4.69, 9.17) is 23.7 Å². The molecule has 2 heterocycles. The summed E-state index contributed by atoms with van der Waals surface area (Å²) in [5, 5.41) is 0. The Morgan fingerprint density at radius 3 is 1.82 bits per heavy atom. The van der Waals surface area contributed by atoms with Crippen LogP contribution < -0.4 is 4.74 Å². The number of hydrogen-bond acceptors (Lipinski definition) is 10. The molecule has 1 saturated heterocycles. The van der Waals surface area contributed by atoms with Gasteiger partial charge in [0.15, 0.2) is 30.3 Å². The molecule has 3 rings (SSSR count). The Kier molecular flexibility index (Phi) is 11.2. The van der Waals surface area contributed by atoms with Gasteiger partial charge in [-0.1, -0.05) is 25.5 Å². The Balaban J connectivity index is 2.17. The highest BCUT2D eigenvalue weighted by Gasteiger charge is 2.52. The normalized spacial score (nSPS) is 24.4. The largest absolute Gasteiger partial charge is 0.497 e. The van der Waals surface area contributed by atoms with Crippen LogP contribution in [0.1, 0.15) is 94.1 Å². The highest BCUT2D eigenvalue weighted by atomic mass is 16.6. The second kappa shape index (κ2) is 13.9. The van der Waals surface area contributed by atoms with Crippen molar-refractivity contribution in [1.29, 1.82) is 0 Å². The van der Waals surface area contributed by atoms with E-state index in [0.29, 0.717) is 23.3 Å². The summed E-state index contributed by atoms with van der Waals surface area (Å²) >= 11 is 0. The fourth-order valence-electron chi connectivity index (χ4n) is 4.92. The predicted molar refractivity (Wildman–Crippen MR) is 169 cm³/mol. The van der Waals surface area contributed by atoms with Crippen molar-refractivity contribution < 1.29 is 42.9 Å². The molecule has 1 fully saturated rings. The first-order chi connectivity index (χ1) is 20.8. The van der Waals surface area contributed by atoms with Crippen LogP contribution in [0.3, 0.4) is 0 Å². The zero-order chi connectivity index (χ0) is 33.9. The van der Waals surface area contributed by atoms with E-state index >= 15 is 0 Å². The number of nitrogens with zero attached hydrogens (tertiary/aromatic N) is 1. The second-order valence-electron chi connectivity index (χ2n) is 14.9. The summed E-state index contributed by atoms with van der Waals surface area (Å²) in [4.78, 5) is 55.2. The minimum absolute atomic E-state index is 0.0263. The molecule has 0 unspecified atom stereocenters. The minimum atomic E-state index is -1.18. The van der Waals surface area contributed by atoms with Crippen LogP contribution in [0.4, 0.5) is 0 Å². The molecule has 10 nitrogen and oxygen atoms in total. The number of ketones is 1. The lowest BCUT2D eigenvalue weighted by molar-refractivity contribution is -0.256. The predicted octanol–water partition coefficient (Wildman–Crippen LogP) is 5.71. The molecular formula is C35H51NO9. The Labute approximate surface area is 267 Å². The standard InChI is InChI=1S/C35H51NO9/c1-12-13-22-18-25(37)24(21-14-16-23(41-11)17-15-21)19-36(22)29-28(45-32(40)35(8,9)10)27(44-31(39)34(5,6)7)26(20-42-29)43-30(38)33(2,3)4/h14-17,19,22,26-29H,12-13,18,20H2,1-11H3/t22-,26+,27+,28-,29-/m0/s1. The maximum atomic E-state index is 13.5. The summed E-state index contributed by atoms with van der Waals surface area (Å²) in [6.45, 7) is 17.4. The molecule has 45 heavy (non-hydrogen) atoms. The number of Topliss-reactive ketones (excluding diaryl/α,β-unsaturated/α-hetero) is 1. The third-order valence-corrected chi connectivity index (χ3v) is 7.72. The van der Waals surface area contributed by atoms with Crippen LogP contribution in [-0.4, -0.2) is 72.9 Å². The van der Waals surface area contributed by atoms with Gasteiger partial charge in [-0.3, -0.25) is 19.2 Å². The first-order valence-corrected chi connectivity index (χ1v) is 15.7. The smallest absolute Gasteiger partial charge is 0.311 e. The van der Waals surface area contributed by atoms with E-state index < -0.39 is 58.7 Å². The Morgan fingerprint density at radius 2 is 1.33 bits per heavy atom. The summed E-state index contributed by atoms with van der Waals surface area (Å²) in [5.41, 5.74) is -1.47. The Bertz CT molecular complexity index is 1260. The molecule has 0 spiro atoms. The average Bonchev–Trinajstić information content (AvgIpc) is 2.93. The number of allylic oxidation sites excluding steroid dienone is 1. The molecule has 0 saturated carbocycles. The number of ether oxygens (including phenoxy) is 5. The zero-order valence-corrected chi connectivity index (χ0v) is 28.7. The van der Waals surface area contributed by atoms with E-state index in [1.54, 1.807) is 87.8 Å². The van der Waals surface area contributed by atoms with Crippen LogP contribution in [0, 0.1) is 16.2 Å². The molecule has 0 bridgehead atoms. The van der Waals surface area contributed by atoms with Crippen molar-refractivity contribution in [3.05, 3.63) is 36.0 Å². The molecule has 5 atom stereocenters. The van der Waals surface area contributed by atoms with Gasteiger partial charge in [0.2, 0.25) is 0 Å². The number of methoxy groups -OCH3 is 1. The summed E-state index contributed by atoms with van der Waals surface area (Å²) in [7, 11) is 1.57. The average molecular weight is 630 g/mol. The van der Waals surface area contributed by atoms with Crippen LogP contribution >= 0.6 is 0 Å². The van der Waals surface area contributed by atoms with Gasteiger partial charge < -0.3 is 28.6 Å². The summed E-state index contributed by atoms with van der Waals surface area (Å²) in [5.74, 6) is -0.967. The molecule has 2 aliphatic heterocycles. The minimum Gasteiger partial charge on any atom is -0.497 e. The molecule has 1 aromatic rings. The van der Waals surface area contributed by atoms with E-state index in [9.17, 15) is 19.2 Å². The molecule has 1 aromatic carbocycles. The molecule has 0 aliphatic carbocycles. The van der Waals surface area contributed by atoms with Crippen LogP contribution in [0.5, 0.6) is 5.75 Å². The molecule has 0 amide bonds. The number of carbonyl (C=O) groups excluding carboxylic acids is 4. The van der Waals surface area contributed by atoms with E-state index in [2.05, 4.69) is 0 Å². The van der Waals surface area contributed by atoms with E-state index in [1.165, 1.54) is 0 Å². The second-order valence-corrected chi connectivity index (χ2v) is 14.9. The SMILES string of the molecule is CCC[C@H]1CC(=O)C(c2ccc(OC)cc2)=CN1[C@H]1OC[C@@H](OC(=O)C(C)(C)C)[C@@H](OC(=O)C(C)(C)C)[C@@H]1OC(=O)C(C)(C)C. The monoisotopic (exact) mass is 629 g/mol. The fourth-order valence-corrected chi connectivity index (χ4v) is 4.92. The van der Waals surface area contributed by atoms with Crippen LogP contribution in [0.25, 0.3) is 5.57 Å². The number of carbonyl (C=O) groups is 4. The molecule has 250 valence electrons. The van der Waals surface area contributed by atoms with Gasteiger partial charge in [-0.05, 0) is 86.4 Å². The molecule has 10 heteroatoms. The highest BCUT2D eigenvalue weighted by Crippen LogP contribution is 2.37. The van der Waals surface area contributed by atoms with Gasteiger partial charge in [0.25, 0.3) is 0 Å². The van der Waals surface area contributed by atoms with Gasteiger partial charge in [0.1, 0.15) is 5.75 Å².